The highest BCUT2D eigenvalue weighted by Gasteiger charge is 2.12. The molecule has 5 nitrogen and oxygen atoms in total. The summed E-state index contributed by atoms with van der Waals surface area (Å²) in [4.78, 5) is 4.31. The van der Waals surface area contributed by atoms with Crippen molar-refractivity contribution < 1.29 is 13.7 Å². The molecule has 0 aliphatic rings. The zero-order valence-corrected chi connectivity index (χ0v) is 12.3. The molecule has 0 spiro atoms. The van der Waals surface area contributed by atoms with Crippen molar-refractivity contribution >= 4 is 15.9 Å². The van der Waals surface area contributed by atoms with E-state index in [0.29, 0.717) is 28.6 Å². The Kier molecular flexibility index (Phi) is 3.56. The van der Waals surface area contributed by atoms with Crippen molar-refractivity contribution in [2.24, 2.45) is 0 Å². The fraction of sp³-hybridized carbons (Fsp3) is 0.143. The normalized spacial score (nSPS) is 10.7. The number of halogens is 1. The van der Waals surface area contributed by atoms with Crippen LogP contribution in [-0.2, 0) is 6.42 Å². The van der Waals surface area contributed by atoms with Crippen molar-refractivity contribution in [3.05, 3.63) is 52.5 Å². The largest absolute Gasteiger partial charge is 0.497 e. The van der Waals surface area contributed by atoms with Crippen LogP contribution in [-0.4, -0.2) is 17.3 Å². The van der Waals surface area contributed by atoms with Gasteiger partial charge in [0, 0.05) is 0 Å². The maximum atomic E-state index is 5.38. The van der Waals surface area contributed by atoms with Gasteiger partial charge in [0.15, 0.2) is 10.4 Å². The van der Waals surface area contributed by atoms with E-state index in [0.717, 1.165) is 11.3 Å². The molecular formula is C14H11BrN2O3. The zero-order chi connectivity index (χ0) is 13.9. The van der Waals surface area contributed by atoms with E-state index in [1.54, 1.807) is 19.2 Å². The van der Waals surface area contributed by atoms with Crippen molar-refractivity contribution in [3.8, 4) is 17.3 Å². The van der Waals surface area contributed by atoms with Crippen molar-refractivity contribution in [1.29, 1.82) is 0 Å². The highest BCUT2D eigenvalue weighted by Crippen LogP contribution is 2.23. The lowest BCUT2D eigenvalue weighted by Crippen LogP contribution is -1.89. The number of ether oxygens (including phenoxy) is 1. The Bertz CT molecular complexity index is 703. The summed E-state index contributed by atoms with van der Waals surface area (Å²) in [6.07, 6.45) is 0.568. The van der Waals surface area contributed by atoms with Crippen molar-refractivity contribution in [3.63, 3.8) is 0 Å². The van der Waals surface area contributed by atoms with Crippen LogP contribution in [0.1, 0.15) is 11.5 Å². The smallest absolute Gasteiger partial charge is 0.238 e. The lowest BCUT2D eigenvalue weighted by molar-refractivity contribution is 0.384. The first-order valence-corrected chi connectivity index (χ1v) is 6.75. The number of nitrogens with zero attached hydrogens (tertiary/aromatic N) is 2. The van der Waals surface area contributed by atoms with Gasteiger partial charge in [0.05, 0.1) is 13.5 Å². The molecule has 20 heavy (non-hydrogen) atoms. The van der Waals surface area contributed by atoms with Crippen molar-refractivity contribution in [1.82, 2.24) is 10.1 Å². The third kappa shape index (κ3) is 2.75. The molecule has 0 aliphatic heterocycles. The highest BCUT2D eigenvalue weighted by molar-refractivity contribution is 9.10. The van der Waals surface area contributed by atoms with Crippen molar-refractivity contribution in [2.75, 3.05) is 7.11 Å². The molecule has 0 aliphatic carbocycles. The SMILES string of the molecule is COc1ccc(Cc2nc(-c3ccc(Br)o3)no2)cc1. The fourth-order valence-corrected chi connectivity index (χ4v) is 2.09. The fourth-order valence-electron chi connectivity index (χ4n) is 1.78. The summed E-state index contributed by atoms with van der Waals surface area (Å²) in [5.41, 5.74) is 1.07. The molecule has 3 aromatic rings. The first kappa shape index (κ1) is 12.9. The molecule has 0 bridgehead atoms. The summed E-state index contributed by atoms with van der Waals surface area (Å²) in [5.74, 6) is 2.37. The number of aromatic nitrogens is 2. The maximum Gasteiger partial charge on any atom is 0.238 e. The predicted molar refractivity (Wildman–Crippen MR) is 75.5 cm³/mol. The molecule has 2 heterocycles. The van der Waals surface area contributed by atoms with E-state index in [1.807, 2.05) is 24.3 Å². The van der Waals surface area contributed by atoms with Crippen molar-refractivity contribution in [2.45, 2.75) is 6.42 Å². The Morgan fingerprint density at radius 1 is 1.15 bits per heavy atom. The van der Waals surface area contributed by atoms with Gasteiger partial charge in [-0.2, -0.15) is 4.98 Å². The molecule has 0 unspecified atom stereocenters. The van der Waals surface area contributed by atoms with E-state index < -0.39 is 0 Å². The summed E-state index contributed by atoms with van der Waals surface area (Å²) in [7, 11) is 1.64. The lowest BCUT2D eigenvalue weighted by Gasteiger charge is -2.00. The summed E-state index contributed by atoms with van der Waals surface area (Å²) >= 11 is 3.24. The third-order valence-electron chi connectivity index (χ3n) is 2.78. The molecule has 0 N–H and O–H groups in total. The lowest BCUT2D eigenvalue weighted by atomic mass is 10.1. The van der Waals surface area contributed by atoms with Crippen LogP contribution in [0, 0.1) is 0 Å². The summed E-state index contributed by atoms with van der Waals surface area (Å²) in [6, 6.07) is 11.3. The number of rotatable bonds is 4. The quantitative estimate of drug-likeness (QED) is 0.728. The average Bonchev–Trinajstić information content (AvgIpc) is 3.09. The topological polar surface area (TPSA) is 61.3 Å². The van der Waals surface area contributed by atoms with Crippen LogP contribution in [0.25, 0.3) is 11.6 Å². The molecule has 3 rings (SSSR count). The highest BCUT2D eigenvalue weighted by atomic mass is 79.9. The third-order valence-corrected chi connectivity index (χ3v) is 3.20. The van der Waals surface area contributed by atoms with Gasteiger partial charge in [0.2, 0.25) is 11.7 Å². The Morgan fingerprint density at radius 3 is 2.60 bits per heavy atom. The molecule has 0 atom stereocenters. The molecule has 2 aromatic heterocycles. The van der Waals surface area contributed by atoms with Gasteiger partial charge in [-0.05, 0) is 45.8 Å². The number of benzene rings is 1. The number of furan rings is 1. The molecular weight excluding hydrogens is 324 g/mol. The van der Waals surface area contributed by atoms with E-state index in [9.17, 15) is 0 Å². The van der Waals surface area contributed by atoms with Gasteiger partial charge in [-0.25, -0.2) is 0 Å². The average molecular weight is 335 g/mol. The van der Waals surface area contributed by atoms with E-state index in [2.05, 4.69) is 26.1 Å². The van der Waals surface area contributed by atoms with Crippen LogP contribution >= 0.6 is 15.9 Å². The van der Waals surface area contributed by atoms with Gasteiger partial charge in [-0.3, -0.25) is 0 Å². The monoisotopic (exact) mass is 334 g/mol. The molecule has 102 valence electrons. The van der Waals surface area contributed by atoms with E-state index in [1.165, 1.54) is 0 Å². The second-order valence-corrected chi connectivity index (χ2v) is 4.92. The zero-order valence-electron chi connectivity index (χ0n) is 10.7. The van der Waals surface area contributed by atoms with E-state index in [4.69, 9.17) is 13.7 Å². The van der Waals surface area contributed by atoms with Crippen LogP contribution in [0.3, 0.4) is 0 Å². The second-order valence-electron chi connectivity index (χ2n) is 4.14. The van der Waals surface area contributed by atoms with Crippen LogP contribution < -0.4 is 4.74 Å². The van der Waals surface area contributed by atoms with Crippen LogP contribution in [0.15, 0.2) is 50.0 Å². The van der Waals surface area contributed by atoms with Gasteiger partial charge >= 0.3 is 0 Å². The first-order valence-electron chi connectivity index (χ1n) is 5.96. The van der Waals surface area contributed by atoms with Crippen LogP contribution in [0.2, 0.25) is 0 Å². The molecule has 0 saturated carbocycles. The van der Waals surface area contributed by atoms with Gasteiger partial charge in [-0.15, -0.1) is 0 Å². The number of hydrogen-bond donors (Lipinski definition) is 0. The predicted octanol–water partition coefficient (Wildman–Crippen LogP) is 3.69. The first-order chi connectivity index (χ1) is 9.74. The van der Waals surface area contributed by atoms with Gasteiger partial charge in [0.25, 0.3) is 0 Å². The van der Waals surface area contributed by atoms with Crippen LogP contribution in [0.4, 0.5) is 0 Å². The minimum atomic E-state index is 0.444. The van der Waals surface area contributed by atoms with E-state index >= 15 is 0 Å². The van der Waals surface area contributed by atoms with Gasteiger partial charge in [-0.1, -0.05) is 17.3 Å². The maximum absolute atomic E-state index is 5.38. The Balaban J connectivity index is 1.76. The summed E-state index contributed by atoms with van der Waals surface area (Å²) in [6.45, 7) is 0. The second kappa shape index (κ2) is 5.50. The Morgan fingerprint density at radius 2 is 1.95 bits per heavy atom. The van der Waals surface area contributed by atoms with Gasteiger partial charge in [0.1, 0.15) is 5.75 Å². The number of methoxy groups -OCH3 is 1. The Hall–Kier alpha value is -2.08. The van der Waals surface area contributed by atoms with E-state index in [-0.39, 0.29) is 0 Å². The molecule has 0 amide bonds. The molecule has 0 fully saturated rings. The molecule has 6 heteroatoms. The summed E-state index contributed by atoms with van der Waals surface area (Å²) in [5, 5.41) is 3.90. The van der Waals surface area contributed by atoms with Crippen LogP contribution in [0.5, 0.6) is 5.75 Å². The molecule has 0 radical (unpaired) electrons. The number of hydrogen-bond acceptors (Lipinski definition) is 5. The minimum Gasteiger partial charge on any atom is -0.497 e. The standard InChI is InChI=1S/C14H11BrN2O3/c1-18-10-4-2-9(3-5-10)8-13-16-14(17-20-13)11-6-7-12(15)19-11/h2-7H,8H2,1H3. The molecule has 1 aromatic carbocycles. The molecule has 0 saturated heterocycles. The Labute approximate surface area is 123 Å². The van der Waals surface area contributed by atoms with Gasteiger partial charge < -0.3 is 13.7 Å². The minimum absolute atomic E-state index is 0.444. The summed E-state index contributed by atoms with van der Waals surface area (Å²) < 4.78 is 16.3.